The Kier molecular flexibility index (Phi) is 3.44. The van der Waals surface area contributed by atoms with Gasteiger partial charge >= 0.3 is 0 Å². The number of para-hydroxylation sites is 1. The van der Waals surface area contributed by atoms with E-state index in [1.54, 1.807) is 19.2 Å². The largest absolute Gasteiger partial charge is 0.496 e. The molecule has 2 rings (SSSR count). The van der Waals surface area contributed by atoms with Gasteiger partial charge in [0, 0.05) is 6.54 Å². The molecule has 3 heteroatoms. The summed E-state index contributed by atoms with van der Waals surface area (Å²) in [5.74, 6) is 1.27. The van der Waals surface area contributed by atoms with Crippen LogP contribution < -0.4 is 10.1 Å². The second-order valence-corrected chi connectivity index (χ2v) is 4.21. The minimum Gasteiger partial charge on any atom is -0.496 e. The number of benzene rings is 1. The molecule has 86 valence electrons. The van der Waals surface area contributed by atoms with Crippen molar-refractivity contribution in [1.29, 1.82) is 0 Å². The molecule has 0 bridgehead atoms. The van der Waals surface area contributed by atoms with Gasteiger partial charge in [-0.2, -0.15) is 0 Å². The average Bonchev–Trinajstić information content (AvgIpc) is 2.26. The van der Waals surface area contributed by atoms with E-state index in [0.717, 1.165) is 6.54 Å². The van der Waals surface area contributed by atoms with Crippen molar-refractivity contribution < 1.29 is 9.53 Å². The Bertz CT molecular complexity index is 372. The maximum atomic E-state index is 11.9. The van der Waals surface area contributed by atoms with Crippen molar-refractivity contribution in [3.8, 4) is 5.75 Å². The van der Waals surface area contributed by atoms with E-state index in [1.165, 1.54) is 19.3 Å². The Labute approximate surface area is 95.8 Å². The summed E-state index contributed by atoms with van der Waals surface area (Å²) in [4.78, 5) is 11.9. The van der Waals surface area contributed by atoms with E-state index in [2.05, 4.69) is 5.32 Å². The van der Waals surface area contributed by atoms with Crippen LogP contribution in [0.1, 0.15) is 29.6 Å². The molecule has 0 saturated heterocycles. The van der Waals surface area contributed by atoms with Gasteiger partial charge < -0.3 is 10.1 Å². The minimum absolute atomic E-state index is 0.0376. The van der Waals surface area contributed by atoms with E-state index in [-0.39, 0.29) is 5.91 Å². The summed E-state index contributed by atoms with van der Waals surface area (Å²) < 4.78 is 5.15. The number of rotatable bonds is 4. The summed E-state index contributed by atoms with van der Waals surface area (Å²) >= 11 is 0. The first kappa shape index (κ1) is 11.0. The van der Waals surface area contributed by atoms with Crippen LogP contribution in [-0.4, -0.2) is 19.6 Å². The summed E-state index contributed by atoms with van der Waals surface area (Å²) in [6.45, 7) is 0.789. The van der Waals surface area contributed by atoms with Crippen LogP contribution in [0, 0.1) is 5.92 Å². The third-order valence-corrected chi connectivity index (χ3v) is 3.13. The number of hydrogen-bond acceptors (Lipinski definition) is 2. The number of carbonyl (C=O) groups is 1. The molecule has 0 radical (unpaired) electrons. The van der Waals surface area contributed by atoms with Crippen LogP contribution >= 0.6 is 0 Å². The zero-order valence-corrected chi connectivity index (χ0v) is 9.53. The van der Waals surface area contributed by atoms with Gasteiger partial charge in [-0.3, -0.25) is 4.79 Å². The van der Waals surface area contributed by atoms with E-state index in [1.807, 2.05) is 12.1 Å². The monoisotopic (exact) mass is 219 g/mol. The summed E-state index contributed by atoms with van der Waals surface area (Å²) in [6.07, 6.45) is 3.79. The summed E-state index contributed by atoms with van der Waals surface area (Å²) in [6, 6.07) is 7.30. The van der Waals surface area contributed by atoms with Crippen molar-refractivity contribution in [2.24, 2.45) is 5.92 Å². The standard InChI is InChI=1S/C13H17NO2/c1-16-12-8-3-2-7-11(12)13(15)14-9-10-5-4-6-10/h2-3,7-8,10H,4-6,9H2,1H3,(H,14,15). The molecule has 1 aliphatic rings. The molecule has 1 aliphatic carbocycles. The van der Waals surface area contributed by atoms with Crippen molar-refractivity contribution in [1.82, 2.24) is 5.32 Å². The number of amides is 1. The zero-order valence-electron chi connectivity index (χ0n) is 9.53. The van der Waals surface area contributed by atoms with E-state index < -0.39 is 0 Å². The molecule has 1 N–H and O–H groups in total. The second kappa shape index (κ2) is 5.01. The highest BCUT2D eigenvalue weighted by Gasteiger charge is 2.19. The van der Waals surface area contributed by atoms with Crippen LogP contribution in [-0.2, 0) is 0 Å². The second-order valence-electron chi connectivity index (χ2n) is 4.21. The van der Waals surface area contributed by atoms with Crippen LogP contribution in [0.5, 0.6) is 5.75 Å². The summed E-state index contributed by atoms with van der Waals surface area (Å²) in [5, 5.41) is 2.96. The highest BCUT2D eigenvalue weighted by atomic mass is 16.5. The van der Waals surface area contributed by atoms with E-state index in [4.69, 9.17) is 4.74 Å². The fraction of sp³-hybridized carbons (Fsp3) is 0.462. The van der Waals surface area contributed by atoms with Crippen molar-refractivity contribution in [2.45, 2.75) is 19.3 Å². The van der Waals surface area contributed by atoms with Crippen LogP contribution in [0.4, 0.5) is 0 Å². The maximum absolute atomic E-state index is 11.9. The highest BCUT2D eigenvalue weighted by molar-refractivity contribution is 5.96. The van der Waals surface area contributed by atoms with Gasteiger partial charge in [0.25, 0.3) is 5.91 Å². The lowest BCUT2D eigenvalue weighted by Crippen LogP contribution is -2.32. The van der Waals surface area contributed by atoms with Crippen molar-refractivity contribution in [3.05, 3.63) is 29.8 Å². The first-order valence-corrected chi connectivity index (χ1v) is 5.72. The maximum Gasteiger partial charge on any atom is 0.255 e. The highest BCUT2D eigenvalue weighted by Crippen LogP contribution is 2.25. The minimum atomic E-state index is -0.0376. The van der Waals surface area contributed by atoms with Gasteiger partial charge in [-0.1, -0.05) is 18.6 Å². The molecule has 1 fully saturated rings. The van der Waals surface area contributed by atoms with Gasteiger partial charge in [-0.05, 0) is 30.9 Å². The van der Waals surface area contributed by atoms with E-state index in [0.29, 0.717) is 17.2 Å². The van der Waals surface area contributed by atoms with Crippen LogP contribution in [0.25, 0.3) is 0 Å². The number of hydrogen-bond donors (Lipinski definition) is 1. The lowest BCUT2D eigenvalue weighted by molar-refractivity contribution is 0.0936. The SMILES string of the molecule is COc1ccccc1C(=O)NCC1CCC1. The molecule has 0 atom stereocenters. The van der Waals surface area contributed by atoms with Gasteiger partial charge in [0.2, 0.25) is 0 Å². The molecule has 1 aromatic rings. The third kappa shape index (κ3) is 2.35. The van der Waals surface area contributed by atoms with Gasteiger partial charge in [-0.15, -0.1) is 0 Å². The fourth-order valence-corrected chi connectivity index (χ4v) is 1.86. The van der Waals surface area contributed by atoms with Gasteiger partial charge in [0.05, 0.1) is 12.7 Å². The van der Waals surface area contributed by atoms with Crippen molar-refractivity contribution in [3.63, 3.8) is 0 Å². The quantitative estimate of drug-likeness (QED) is 0.843. The first-order valence-electron chi connectivity index (χ1n) is 5.72. The van der Waals surface area contributed by atoms with Gasteiger partial charge in [-0.25, -0.2) is 0 Å². The first-order chi connectivity index (χ1) is 7.81. The zero-order chi connectivity index (χ0) is 11.4. The predicted molar refractivity (Wildman–Crippen MR) is 62.7 cm³/mol. The molecule has 3 nitrogen and oxygen atoms in total. The molecular weight excluding hydrogens is 202 g/mol. The van der Waals surface area contributed by atoms with Gasteiger partial charge in [0.1, 0.15) is 5.75 Å². The molecule has 1 aromatic carbocycles. The van der Waals surface area contributed by atoms with Crippen LogP contribution in [0.3, 0.4) is 0 Å². The Hall–Kier alpha value is -1.51. The van der Waals surface area contributed by atoms with Gasteiger partial charge in [0.15, 0.2) is 0 Å². The average molecular weight is 219 g/mol. The molecular formula is C13H17NO2. The predicted octanol–water partition coefficient (Wildman–Crippen LogP) is 2.23. The number of ether oxygens (including phenoxy) is 1. The van der Waals surface area contributed by atoms with E-state index >= 15 is 0 Å². The Morgan fingerprint density at radius 1 is 1.44 bits per heavy atom. The molecule has 0 unspecified atom stereocenters. The fourth-order valence-electron chi connectivity index (χ4n) is 1.86. The molecule has 1 amide bonds. The molecule has 0 spiro atoms. The molecule has 1 saturated carbocycles. The van der Waals surface area contributed by atoms with Crippen LogP contribution in [0.2, 0.25) is 0 Å². The third-order valence-electron chi connectivity index (χ3n) is 3.13. The number of nitrogens with one attached hydrogen (secondary N) is 1. The topological polar surface area (TPSA) is 38.3 Å². The number of carbonyl (C=O) groups excluding carboxylic acids is 1. The summed E-state index contributed by atoms with van der Waals surface area (Å²) in [7, 11) is 1.58. The van der Waals surface area contributed by atoms with Crippen molar-refractivity contribution >= 4 is 5.91 Å². The molecule has 0 heterocycles. The van der Waals surface area contributed by atoms with Crippen molar-refractivity contribution in [2.75, 3.05) is 13.7 Å². The van der Waals surface area contributed by atoms with E-state index in [9.17, 15) is 4.79 Å². The number of methoxy groups -OCH3 is 1. The normalized spacial score (nSPS) is 15.3. The molecule has 16 heavy (non-hydrogen) atoms. The summed E-state index contributed by atoms with van der Waals surface area (Å²) in [5.41, 5.74) is 0.615. The Balaban J connectivity index is 1.96. The Morgan fingerprint density at radius 3 is 2.81 bits per heavy atom. The smallest absolute Gasteiger partial charge is 0.255 e. The lowest BCUT2D eigenvalue weighted by Gasteiger charge is -2.25. The van der Waals surface area contributed by atoms with Crippen LogP contribution in [0.15, 0.2) is 24.3 Å². The lowest BCUT2D eigenvalue weighted by atomic mass is 9.85. The Morgan fingerprint density at radius 2 is 2.19 bits per heavy atom. The molecule has 0 aromatic heterocycles. The molecule has 0 aliphatic heterocycles.